The van der Waals surface area contributed by atoms with E-state index in [1.54, 1.807) is 12.3 Å². The van der Waals surface area contributed by atoms with Crippen LogP contribution in [0, 0.1) is 13.8 Å². The minimum Gasteiger partial charge on any atom is -0.350 e. The standard InChI is InChI=1S/C20H20N4O/c1-14-3-7-16(8-4-14)13-22-20-21-12-11-18(24-20)19(25)23-17-9-5-15(2)6-10-17/h3-12H,13H2,1-2H3,(H,23,25)(H,21,22,24). The zero-order valence-corrected chi connectivity index (χ0v) is 14.3. The van der Waals surface area contributed by atoms with Crippen molar-refractivity contribution in [1.82, 2.24) is 9.97 Å². The monoisotopic (exact) mass is 332 g/mol. The third-order valence-corrected chi connectivity index (χ3v) is 3.77. The van der Waals surface area contributed by atoms with E-state index in [0.29, 0.717) is 18.2 Å². The van der Waals surface area contributed by atoms with Crippen LogP contribution in [-0.4, -0.2) is 15.9 Å². The van der Waals surface area contributed by atoms with Crippen LogP contribution in [0.5, 0.6) is 0 Å². The Morgan fingerprint density at radius 2 is 1.56 bits per heavy atom. The first kappa shape index (κ1) is 16.6. The molecule has 3 rings (SSSR count). The molecule has 0 aliphatic rings. The van der Waals surface area contributed by atoms with E-state index in [1.807, 2.05) is 31.2 Å². The van der Waals surface area contributed by atoms with Gasteiger partial charge in [-0.15, -0.1) is 0 Å². The van der Waals surface area contributed by atoms with E-state index in [0.717, 1.165) is 16.8 Å². The zero-order chi connectivity index (χ0) is 17.6. The van der Waals surface area contributed by atoms with Gasteiger partial charge < -0.3 is 10.6 Å². The molecule has 1 amide bonds. The van der Waals surface area contributed by atoms with Crippen LogP contribution in [0.3, 0.4) is 0 Å². The number of amides is 1. The Labute approximate surface area is 147 Å². The minimum atomic E-state index is -0.260. The number of nitrogens with one attached hydrogen (secondary N) is 2. The molecule has 0 unspecified atom stereocenters. The number of aryl methyl sites for hydroxylation is 2. The third kappa shape index (κ3) is 4.64. The fraction of sp³-hybridized carbons (Fsp3) is 0.150. The van der Waals surface area contributed by atoms with Crippen molar-refractivity contribution in [2.24, 2.45) is 0 Å². The molecule has 0 saturated carbocycles. The summed E-state index contributed by atoms with van der Waals surface area (Å²) in [5, 5.41) is 5.98. The highest BCUT2D eigenvalue weighted by atomic mass is 16.1. The molecule has 5 heteroatoms. The lowest BCUT2D eigenvalue weighted by molar-refractivity contribution is 0.102. The lowest BCUT2D eigenvalue weighted by Crippen LogP contribution is -2.15. The first-order valence-electron chi connectivity index (χ1n) is 8.10. The second kappa shape index (κ2) is 7.57. The molecule has 0 aliphatic carbocycles. The van der Waals surface area contributed by atoms with Gasteiger partial charge in [-0.1, -0.05) is 47.5 Å². The first-order valence-corrected chi connectivity index (χ1v) is 8.10. The Morgan fingerprint density at radius 3 is 2.24 bits per heavy atom. The van der Waals surface area contributed by atoms with Gasteiger partial charge in [0.25, 0.3) is 5.91 Å². The topological polar surface area (TPSA) is 66.9 Å². The maximum absolute atomic E-state index is 12.3. The lowest BCUT2D eigenvalue weighted by Gasteiger charge is -2.08. The Morgan fingerprint density at radius 1 is 0.920 bits per heavy atom. The maximum Gasteiger partial charge on any atom is 0.274 e. The highest BCUT2D eigenvalue weighted by Crippen LogP contribution is 2.11. The first-order chi connectivity index (χ1) is 12.1. The van der Waals surface area contributed by atoms with Crippen LogP contribution in [0.4, 0.5) is 11.6 Å². The molecule has 25 heavy (non-hydrogen) atoms. The Bertz CT molecular complexity index is 858. The Hall–Kier alpha value is -3.21. The van der Waals surface area contributed by atoms with Crippen LogP contribution >= 0.6 is 0 Å². The van der Waals surface area contributed by atoms with Crippen molar-refractivity contribution in [3.05, 3.63) is 83.2 Å². The number of hydrogen-bond donors (Lipinski definition) is 2. The van der Waals surface area contributed by atoms with Gasteiger partial charge in [0.05, 0.1) is 0 Å². The number of benzene rings is 2. The molecular formula is C20H20N4O. The van der Waals surface area contributed by atoms with Gasteiger partial charge in [0, 0.05) is 18.4 Å². The zero-order valence-electron chi connectivity index (χ0n) is 14.3. The predicted molar refractivity (Wildman–Crippen MR) is 99.7 cm³/mol. The molecule has 0 bridgehead atoms. The second-order valence-electron chi connectivity index (χ2n) is 5.92. The van der Waals surface area contributed by atoms with E-state index in [9.17, 15) is 4.79 Å². The average Bonchev–Trinajstić information content (AvgIpc) is 2.63. The molecule has 1 aromatic heterocycles. The third-order valence-electron chi connectivity index (χ3n) is 3.77. The summed E-state index contributed by atoms with van der Waals surface area (Å²) in [6.07, 6.45) is 1.58. The fourth-order valence-electron chi connectivity index (χ4n) is 2.29. The van der Waals surface area contributed by atoms with Crippen LogP contribution in [0.15, 0.2) is 60.8 Å². The van der Waals surface area contributed by atoms with Gasteiger partial charge in [0.1, 0.15) is 5.69 Å². The maximum atomic E-state index is 12.3. The molecule has 0 spiro atoms. The number of anilines is 2. The summed E-state index contributed by atoms with van der Waals surface area (Å²) in [6.45, 7) is 4.65. The van der Waals surface area contributed by atoms with E-state index in [4.69, 9.17) is 0 Å². The molecule has 1 heterocycles. The van der Waals surface area contributed by atoms with E-state index in [1.165, 1.54) is 5.56 Å². The Kier molecular flexibility index (Phi) is 5.04. The average molecular weight is 332 g/mol. The van der Waals surface area contributed by atoms with E-state index >= 15 is 0 Å². The number of rotatable bonds is 5. The number of aromatic nitrogens is 2. The summed E-state index contributed by atoms with van der Waals surface area (Å²) in [4.78, 5) is 20.8. The van der Waals surface area contributed by atoms with Gasteiger partial charge in [-0.3, -0.25) is 4.79 Å². The summed E-state index contributed by atoms with van der Waals surface area (Å²) in [6, 6.07) is 17.4. The van der Waals surface area contributed by atoms with Crippen LogP contribution < -0.4 is 10.6 Å². The van der Waals surface area contributed by atoms with E-state index < -0.39 is 0 Å². The van der Waals surface area contributed by atoms with Crippen LogP contribution in [0.25, 0.3) is 0 Å². The quantitative estimate of drug-likeness (QED) is 0.742. The highest BCUT2D eigenvalue weighted by Gasteiger charge is 2.09. The normalized spacial score (nSPS) is 10.3. The summed E-state index contributed by atoms with van der Waals surface area (Å²) < 4.78 is 0. The van der Waals surface area contributed by atoms with Crippen LogP contribution in [-0.2, 0) is 6.54 Å². The van der Waals surface area contributed by atoms with E-state index in [2.05, 4.69) is 51.8 Å². The van der Waals surface area contributed by atoms with Gasteiger partial charge in [0.2, 0.25) is 5.95 Å². The molecule has 5 nitrogen and oxygen atoms in total. The molecule has 0 fully saturated rings. The molecule has 126 valence electrons. The highest BCUT2D eigenvalue weighted by molar-refractivity contribution is 6.02. The number of carbonyl (C=O) groups is 1. The predicted octanol–water partition coefficient (Wildman–Crippen LogP) is 3.96. The van der Waals surface area contributed by atoms with Crippen LogP contribution in [0.2, 0.25) is 0 Å². The number of nitrogens with zero attached hydrogens (tertiary/aromatic N) is 2. The van der Waals surface area contributed by atoms with Crippen molar-refractivity contribution in [2.45, 2.75) is 20.4 Å². The molecule has 3 aromatic rings. The van der Waals surface area contributed by atoms with Gasteiger partial charge in [0.15, 0.2) is 0 Å². The van der Waals surface area contributed by atoms with Gasteiger partial charge in [-0.25, -0.2) is 9.97 Å². The molecule has 2 N–H and O–H groups in total. The SMILES string of the molecule is Cc1ccc(CNc2nccc(C(=O)Nc3ccc(C)cc3)n2)cc1. The van der Waals surface area contributed by atoms with Crippen molar-refractivity contribution in [3.63, 3.8) is 0 Å². The summed E-state index contributed by atoms with van der Waals surface area (Å²) >= 11 is 0. The van der Waals surface area contributed by atoms with Crippen molar-refractivity contribution >= 4 is 17.5 Å². The molecule has 0 aliphatic heterocycles. The summed E-state index contributed by atoms with van der Waals surface area (Å²) in [7, 11) is 0. The second-order valence-corrected chi connectivity index (χ2v) is 5.92. The van der Waals surface area contributed by atoms with Crippen molar-refractivity contribution in [1.29, 1.82) is 0 Å². The Balaban J connectivity index is 1.64. The molecule has 0 radical (unpaired) electrons. The van der Waals surface area contributed by atoms with Crippen molar-refractivity contribution in [2.75, 3.05) is 10.6 Å². The molecule has 2 aromatic carbocycles. The fourth-order valence-corrected chi connectivity index (χ4v) is 2.29. The number of carbonyl (C=O) groups excluding carboxylic acids is 1. The molecular weight excluding hydrogens is 312 g/mol. The van der Waals surface area contributed by atoms with Gasteiger partial charge in [-0.05, 0) is 37.6 Å². The minimum absolute atomic E-state index is 0.260. The van der Waals surface area contributed by atoms with Crippen LogP contribution in [0.1, 0.15) is 27.2 Å². The molecule has 0 saturated heterocycles. The molecule has 0 atom stereocenters. The van der Waals surface area contributed by atoms with E-state index in [-0.39, 0.29) is 5.91 Å². The summed E-state index contributed by atoms with van der Waals surface area (Å²) in [5.41, 5.74) is 4.55. The van der Waals surface area contributed by atoms with Crippen molar-refractivity contribution in [3.8, 4) is 0 Å². The van der Waals surface area contributed by atoms with Gasteiger partial charge in [-0.2, -0.15) is 0 Å². The van der Waals surface area contributed by atoms with Crippen molar-refractivity contribution < 1.29 is 4.79 Å². The lowest BCUT2D eigenvalue weighted by atomic mass is 10.1. The van der Waals surface area contributed by atoms with Gasteiger partial charge >= 0.3 is 0 Å². The smallest absolute Gasteiger partial charge is 0.274 e. The largest absolute Gasteiger partial charge is 0.350 e. The summed E-state index contributed by atoms with van der Waals surface area (Å²) in [5.74, 6) is 0.168. The number of hydrogen-bond acceptors (Lipinski definition) is 4.